The fourth-order valence-electron chi connectivity index (χ4n) is 4.23. The van der Waals surface area contributed by atoms with Crippen LogP contribution in [0.5, 0.6) is 0 Å². The molecule has 3 N–H and O–H groups in total. The molecule has 0 aliphatic carbocycles. The summed E-state index contributed by atoms with van der Waals surface area (Å²) >= 11 is 0. The Bertz CT molecular complexity index is 1700. The molecule has 0 aliphatic heterocycles. The molecule has 0 bridgehead atoms. The topological polar surface area (TPSA) is 125 Å². The number of amides is 1. The lowest BCUT2D eigenvalue weighted by molar-refractivity contribution is -0.116. The number of aromatic amines is 2. The summed E-state index contributed by atoms with van der Waals surface area (Å²) in [6, 6.07) is 15.5. The van der Waals surface area contributed by atoms with E-state index in [1.54, 1.807) is 24.8 Å². The number of pyridine rings is 4. The van der Waals surface area contributed by atoms with Gasteiger partial charge >= 0.3 is 0 Å². The number of fused-ring (bicyclic) bond motifs is 2. The Kier molecular flexibility index (Phi) is 5.42. The van der Waals surface area contributed by atoms with Crippen LogP contribution in [0.3, 0.4) is 0 Å². The molecule has 0 fully saturated rings. The Labute approximate surface area is 206 Å². The largest absolute Gasteiger partial charge is 0.353 e. The summed E-state index contributed by atoms with van der Waals surface area (Å²) in [4.78, 5) is 33.7. The number of nitrogens with zero attached hydrogens (tertiary/aromatic N) is 5. The molecular formula is C27H22N8O. The molecule has 0 saturated heterocycles. The Balaban J connectivity index is 1.40. The number of rotatable bonds is 6. The van der Waals surface area contributed by atoms with Crippen molar-refractivity contribution in [3.05, 3.63) is 73.3 Å². The van der Waals surface area contributed by atoms with E-state index in [2.05, 4.69) is 35.5 Å². The van der Waals surface area contributed by atoms with Crippen LogP contribution < -0.4 is 5.32 Å². The van der Waals surface area contributed by atoms with Gasteiger partial charge in [-0.15, -0.1) is 0 Å². The minimum atomic E-state index is -0.0321. The van der Waals surface area contributed by atoms with Crippen molar-refractivity contribution in [2.75, 3.05) is 5.32 Å². The molecule has 176 valence electrons. The van der Waals surface area contributed by atoms with Crippen molar-refractivity contribution in [1.29, 1.82) is 0 Å². The van der Waals surface area contributed by atoms with Crippen LogP contribution in [0.15, 0.2) is 73.3 Å². The van der Waals surface area contributed by atoms with Crippen LogP contribution in [0.1, 0.15) is 19.8 Å². The fourth-order valence-corrected chi connectivity index (χ4v) is 4.23. The lowest BCUT2D eigenvalue weighted by Crippen LogP contribution is -2.10. The number of carbonyl (C=O) groups excluding carboxylic acids is 1. The molecule has 0 radical (unpaired) electrons. The Morgan fingerprint density at radius 3 is 2.75 bits per heavy atom. The van der Waals surface area contributed by atoms with Crippen LogP contribution in [0.25, 0.3) is 56.0 Å². The molecule has 36 heavy (non-hydrogen) atoms. The standard InChI is InChI=1S/C27H22N8O/c1-2-5-24(36)31-17-12-16(14-28-15-17)19-7-8-22-26(33-19)27(35-34-22)23-13-18-20(32-23)9-11-30-25(18)21-6-3-4-10-29-21/h3-4,6-15,32H,2,5H2,1H3,(H,31,36)(H,34,35). The van der Waals surface area contributed by atoms with E-state index >= 15 is 0 Å². The van der Waals surface area contributed by atoms with Gasteiger partial charge in [0.05, 0.1) is 40.2 Å². The third-order valence-corrected chi connectivity index (χ3v) is 5.91. The summed E-state index contributed by atoms with van der Waals surface area (Å²) < 4.78 is 0. The van der Waals surface area contributed by atoms with Gasteiger partial charge in [0.1, 0.15) is 11.2 Å². The number of hydrogen-bond acceptors (Lipinski definition) is 6. The van der Waals surface area contributed by atoms with E-state index in [4.69, 9.17) is 4.98 Å². The molecule has 0 atom stereocenters. The summed E-state index contributed by atoms with van der Waals surface area (Å²) in [5, 5.41) is 11.5. The van der Waals surface area contributed by atoms with Crippen LogP contribution in [0.2, 0.25) is 0 Å². The maximum absolute atomic E-state index is 12.0. The first-order chi connectivity index (χ1) is 17.7. The third-order valence-electron chi connectivity index (χ3n) is 5.91. The first kappa shape index (κ1) is 21.6. The van der Waals surface area contributed by atoms with Crippen molar-refractivity contribution in [2.45, 2.75) is 19.8 Å². The van der Waals surface area contributed by atoms with Gasteiger partial charge in [-0.1, -0.05) is 13.0 Å². The van der Waals surface area contributed by atoms with E-state index in [0.717, 1.165) is 56.7 Å². The van der Waals surface area contributed by atoms with Crippen molar-refractivity contribution >= 4 is 33.5 Å². The van der Waals surface area contributed by atoms with E-state index in [1.807, 2.05) is 55.5 Å². The number of hydrogen-bond donors (Lipinski definition) is 3. The number of nitrogens with one attached hydrogen (secondary N) is 3. The third kappa shape index (κ3) is 3.96. The van der Waals surface area contributed by atoms with Crippen molar-refractivity contribution in [1.82, 2.24) is 35.1 Å². The number of H-pyrrole nitrogens is 2. The zero-order valence-electron chi connectivity index (χ0n) is 19.5. The first-order valence-corrected chi connectivity index (χ1v) is 11.7. The van der Waals surface area contributed by atoms with Crippen LogP contribution in [0.4, 0.5) is 5.69 Å². The smallest absolute Gasteiger partial charge is 0.224 e. The molecule has 0 aliphatic rings. The number of aromatic nitrogens is 7. The monoisotopic (exact) mass is 474 g/mol. The highest BCUT2D eigenvalue weighted by atomic mass is 16.1. The second-order valence-electron chi connectivity index (χ2n) is 8.44. The molecule has 6 rings (SSSR count). The molecule has 1 amide bonds. The highest BCUT2D eigenvalue weighted by Crippen LogP contribution is 2.32. The predicted molar refractivity (Wildman–Crippen MR) is 139 cm³/mol. The SMILES string of the molecule is CCCC(=O)Nc1cncc(-c2ccc3[nH]nc(-c4cc5c(-c6ccccn6)nccc5[nH]4)c3n2)c1. The predicted octanol–water partition coefficient (Wildman–Crippen LogP) is 5.36. The highest BCUT2D eigenvalue weighted by Gasteiger charge is 2.16. The zero-order valence-corrected chi connectivity index (χ0v) is 19.5. The van der Waals surface area contributed by atoms with Crippen LogP contribution in [-0.4, -0.2) is 41.0 Å². The molecule has 6 aromatic rings. The average Bonchev–Trinajstić information content (AvgIpc) is 3.53. The van der Waals surface area contributed by atoms with Gasteiger partial charge in [-0.3, -0.25) is 24.8 Å². The molecule has 0 aromatic carbocycles. The van der Waals surface area contributed by atoms with Gasteiger partial charge in [0, 0.05) is 41.5 Å². The second-order valence-corrected chi connectivity index (χ2v) is 8.44. The number of carbonyl (C=O) groups is 1. The van der Waals surface area contributed by atoms with Gasteiger partial charge in [-0.2, -0.15) is 5.10 Å². The second kappa shape index (κ2) is 9.03. The Hall–Kier alpha value is -4.92. The molecule has 0 unspecified atom stereocenters. The van der Waals surface area contributed by atoms with E-state index < -0.39 is 0 Å². The summed E-state index contributed by atoms with van der Waals surface area (Å²) in [6.07, 6.45) is 8.15. The molecule has 6 aromatic heterocycles. The van der Waals surface area contributed by atoms with E-state index in [-0.39, 0.29) is 5.91 Å². The highest BCUT2D eigenvalue weighted by molar-refractivity contribution is 5.98. The molecule has 0 saturated carbocycles. The van der Waals surface area contributed by atoms with Crippen molar-refractivity contribution in [3.63, 3.8) is 0 Å². The summed E-state index contributed by atoms with van der Waals surface area (Å²) in [5.41, 5.74) is 7.80. The fraction of sp³-hybridized carbons (Fsp3) is 0.111. The minimum absolute atomic E-state index is 0.0321. The summed E-state index contributed by atoms with van der Waals surface area (Å²) in [7, 11) is 0. The van der Waals surface area contributed by atoms with Crippen molar-refractivity contribution in [2.24, 2.45) is 0 Å². The van der Waals surface area contributed by atoms with E-state index in [0.29, 0.717) is 17.8 Å². The Morgan fingerprint density at radius 1 is 0.944 bits per heavy atom. The zero-order chi connectivity index (χ0) is 24.5. The first-order valence-electron chi connectivity index (χ1n) is 11.7. The van der Waals surface area contributed by atoms with Crippen molar-refractivity contribution < 1.29 is 4.79 Å². The van der Waals surface area contributed by atoms with Crippen molar-refractivity contribution in [3.8, 4) is 34.0 Å². The molecule has 6 heterocycles. The molecular weight excluding hydrogens is 452 g/mol. The van der Waals surface area contributed by atoms with E-state index in [1.165, 1.54) is 0 Å². The molecule has 9 heteroatoms. The maximum atomic E-state index is 12.0. The van der Waals surface area contributed by atoms with Crippen LogP contribution in [0, 0.1) is 0 Å². The lowest BCUT2D eigenvalue weighted by Gasteiger charge is -2.06. The quantitative estimate of drug-likeness (QED) is 0.298. The van der Waals surface area contributed by atoms with Crippen LogP contribution >= 0.6 is 0 Å². The summed E-state index contributed by atoms with van der Waals surface area (Å²) in [6.45, 7) is 1.97. The van der Waals surface area contributed by atoms with Gasteiger partial charge in [0.25, 0.3) is 0 Å². The lowest BCUT2D eigenvalue weighted by atomic mass is 10.1. The number of anilines is 1. The average molecular weight is 475 g/mol. The molecule has 0 spiro atoms. The van der Waals surface area contributed by atoms with Gasteiger partial charge in [-0.05, 0) is 48.9 Å². The summed E-state index contributed by atoms with van der Waals surface area (Å²) in [5.74, 6) is -0.0321. The van der Waals surface area contributed by atoms with E-state index in [9.17, 15) is 4.79 Å². The van der Waals surface area contributed by atoms with Gasteiger partial charge in [0.2, 0.25) is 5.91 Å². The van der Waals surface area contributed by atoms with Gasteiger partial charge < -0.3 is 10.3 Å². The van der Waals surface area contributed by atoms with Crippen LogP contribution in [-0.2, 0) is 4.79 Å². The molecule has 9 nitrogen and oxygen atoms in total. The Morgan fingerprint density at radius 2 is 1.89 bits per heavy atom. The maximum Gasteiger partial charge on any atom is 0.224 e. The normalized spacial score (nSPS) is 11.2. The minimum Gasteiger partial charge on any atom is -0.353 e. The van der Waals surface area contributed by atoms with Gasteiger partial charge in [0.15, 0.2) is 0 Å². The van der Waals surface area contributed by atoms with Gasteiger partial charge in [-0.25, -0.2) is 4.98 Å².